The summed E-state index contributed by atoms with van der Waals surface area (Å²) in [7, 11) is 0.729. The van der Waals surface area contributed by atoms with Crippen LogP contribution in [-0.4, -0.2) is 28.3 Å². The summed E-state index contributed by atoms with van der Waals surface area (Å²) in [5, 5.41) is 5.21. The molecule has 0 saturated carbocycles. The van der Waals surface area contributed by atoms with Gasteiger partial charge < -0.3 is 4.74 Å². The van der Waals surface area contributed by atoms with Crippen molar-refractivity contribution in [3.63, 3.8) is 0 Å². The van der Waals surface area contributed by atoms with Gasteiger partial charge >= 0.3 is 5.97 Å². The van der Waals surface area contributed by atoms with Crippen molar-refractivity contribution < 1.29 is 9.53 Å². The molecule has 0 aliphatic carbocycles. The second-order valence-corrected chi connectivity index (χ2v) is 5.60. The smallest absolute Gasteiger partial charge is 0.337 e. The maximum absolute atomic E-state index is 11.3. The summed E-state index contributed by atoms with van der Waals surface area (Å²) >= 11 is 0. The molecule has 0 saturated heterocycles. The molecule has 2 aromatic rings. The summed E-state index contributed by atoms with van der Waals surface area (Å²) in [4.78, 5) is 16.8. The number of carbonyl (C=O) groups is 1. The van der Waals surface area contributed by atoms with Crippen molar-refractivity contribution >= 4 is 22.4 Å². The number of nitrogens with zero attached hydrogens (tertiary/aromatic N) is 3. The summed E-state index contributed by atoms with van der Waals surface area (Å²) in [5.41, 5.74) is 2.46. The van der Waals surface area contributed by atoms with Gasteiger partial charge in [-0.05, 0) is 29.2 Å². The van der Waals surface area contributed by atoms with E-state index < -0.39 is 10.9 Å². The third-order valence-electron chi connectivity index (χ3n) is 2.68. The molecule has 1 unspecified atom stereocenters. The lowest BCUT2D eigenvalue weighted by atomic mass is 10.2. The van der Waals surface area contributed by atoms with Crippen molar-refractivity contribution in [2.45, 2.75) is 10.1 Å². The first-order valence-corrected chi connectivity index (χ1v) is 6.76. The first-order valence-electron chi connectivity index (χ1n) is 5.35. The Labute approximate surface area is 106 Å². The molecule has 3 rings (SSSR count). The van der Waals surface area contributed by atoms with E-state index in [9.17, 15) is 4.79 Å². The number of esters is 1. The van der Waals surface area contributed by atoms with Crippen LogP contribution in [0.3, 0.4) is 0 Å². The van der Waals surface area contributed by atoms with Gasteiger partial charge in [-0.15, -0.1) is 10.9 Å². The molecule has 0 fully saturated rings. The van der Waals surface area contributed by atoms with Gasteiger partial charge in [0.15, 0.2) is 5.16 Å². The zero-order chi connectivity index (χ0) is 12.5. The van der Waals surface area contributed by atoms with Crippen LogP contribution >= 0.6 is 10.9 Å². The quantitative estimate of drug-likeness (QED) is 0.663. The molecule has 1 aromatic carbocycles. The van der Waals surface area contributed by atoms with Crippen LogP contribution in [0.5, 0.6) is 0 Å². The number of fused-ring (bicyclic) bond motifs is 1. The second kappa shape index (κ2) is 4.30. The molecule has 5 nitrogen and oxygen atoms in total. The molecular weight excluding hydrogens is 250 g/mol. The van der Waals surface area contributed by atoms with E-state index in [1.54, 1.807) is 23.0 Å². The Morgan fingerprint density at radius 1 is 1.33 bits per heavy atom. The minimum Gasteiger partial charge on any atom is -0.465 e. The predicted molar refractivity (Wildman–Crippen MR) is 69.4 cm³/mol. The van der Waals surface area contributed by atoms with Crippen LogP contribution in [0.25, 0.3) is 0 Å². The second-order valence-electron chi connectivity index (χ2n) is 3.71. The van der Waals surface area contributed by atoms with Crippen LogP contribution in [0, 0.1) is 0 Å². The Bertz CT molecular complexity index is 619. The lowest BCUT2D eigenvalue weighted by molar-refractivity contribution is 0.0600. The maximum Gasteiger partial charge on any atom is 0.337 e. The summed E-state index contributed by atoms with van der Waals surface area (Å²) in [6.07, 6.45) is 3.57. The van der Waals surface area contributed by atoms with E-state index >= 15 is 0 Å². The molecule has 0 radical (unpaired) electrons. The molecule has 0 spiro atoms. The molecule has 0 bridgehead atoms. The number of hydrogen-bond acceptors (Lipinski definition) is 4. The highest BCUT2D eigenvalue weighted by Gasteiger charge is 2.18. The van der Waals surface area contributed by atoms with Crippen molar-refractivity contribution in [1.82, 2.24) is 9.66 Å². The zero-order valence-electron chi connectivity index (χ0n) is 9.65. The van der Waals surface area contributed by atoms with Gasteiger partial charge in [-0.2, -0.15) is 5.10 Å². The van der Waals surface area contributed by atoms with Gasteiger partial charge in [-0.3, -0.25) is 0 Å². The first kappa shape index (κ1) is 11.0. The van der Waals surface area contributed by atoms with E-state index in [0.29, 0.717) is 5.56 Å². The van der Waals surface area contributed by atoms with Crippen LogP contribution in [0.2, 0.25) is 0 Å². The Kier molecular flexibility index (Phi) is 2.64. The van der Waals surface area contributed by atoms with Gasteiger partial charge in [-0.25, -0.2) is 14.5 Å². The molecule has 0 amide bonds. The number of imidazole rings is 1. The normalized spacial score (nSPS) is 18.6. The predicted octanol–water partition coefficient (Wildman–Crippen LogP) is 1.89. The fourth-order valence-corrected chi connectivity index (χ4v) is 3.45. The van der Waals surface area contributed by atoms with Crippen LogP contribution in [0.1, 0.15) is 10.4 Å². The van der Waals surface area contributed by atoms with Crippen molar-refractivity contribution in [2.75, 3.05) is 7.11 Å². The largest absolute Gasteiger partial charge is 0.465 e. The Morgan fingerprint density at radius 2 is 2.11 bits per heavy atom. The number of methoxy groups -OCH3 is 1. The molecule has 18 heavy (non-hydrogen) atoms. The maximum atomic E-state index is 11.3. The number of ether oxygens (including phenoxy) is 1. The van der Waals surface area contributed by atoms with Crippen LogP contribution in [0.4, 0.5) is 0 Å². The summed E-state index contributed by atoms with van der Waals surface area (Å²) in [6, 6.07) is 7.38. The Hall–Kier alpha value is -2.08. The minimum atomic E-state index is -0.647. The van der Waals surface area contributed by atoms with Gasteiger partial charge in [0.2, 0.25) is 0 Å². The lowest BCUT2D eigenvalue weighted by Gasteiger charge is -2.10. The average Bonchev–Trinajstić information content (AvgIpc) is 3.00. The third kappa shape index (κ3) is 1.70. The van der Waals surface area contributed by atoms with E-state index in [2.05, 4.69) is 14.8 Å². The van der Waals surface area contributed by atoms with Crippen molar-refractivity contribution in [2.24, 2.45) is 5.10 Å². The van der Waals surface area contributed by atoms with Gasteiger partial charge in [0.05, 0.1) is 18.2 Å². The Morgan fingerprint density at radius 3 is 2.83 bits per heavy atom. The highest BCUT2D eigenvalue weighted by Crippen LogP contribution is 2.43. The van der Waals surface area contributed by atoms with Gasteiger partial charge in [0.25, 0.3) is 0 Å². The molecule has 1 aromatic heterocycles. The zero-order valence-corrected chi connectivity index (χ0v) is 10.5. The molecular formula is C12H11N3O2S. The molecule has 1 aliphatic rings. The van der Waals surface area contributed by atoms with Gasteiger partial charge in [-0.1, -0.05) is 0 Å². The van der Waals surface area contributed by atoms with Crippen LogP contribution < -0.4 is 0 Å². The molecule has 0 N–H and O–H groups in total. The summed E-state index contributed by atoms with van der Waals surface area (Å²) < 4.78 is 6.45. The van der Waals surface area contributed by atoms with Gasteiger partial charge in [0.1, 0.15) is 0 Å². The van der Waals surface area contributed by atoms with Crippen molar-refractivity contribution in [3.05, 3.63) is 42.2 Å². The third-order valence-corrected chi connectivity index (χ3v) is 4.62. The van der Waals surface area contributed by atoms with E-state index in [1.807, 2.05) is 23.9 Å². The lowest BCUT2D eigenvalue weighted by Crippen LogP contribution is -2.00. The van der Waals surface area contributed by atoms with Crippen molar-refractivity contribution in [1.29, 1.82) is 0 Å². The minimum absolute atomic E-state index is 0.323. The molecule has 6 heteroatoms. The highest BCUT2D eigenvalue weighted by atomic mass is 32.2. The molecule has 1 atom stereocenters. The molecule has 1 aliphatic heterocycles. The van der Waals surface area contributed by atoms with E-state index in [0.717, 1.165) is 10.1 Å². The molecule has 92 valence electrons. The monoisotopic (exact) mass is 261 g/mol. The molecule has 2 heterocycles. The number of rotatable bonds is 2. The van der Waals surface area contributed by atoms with Crippen LogP contribution in [-0.2, 0) is 4.74 Å². The summed E-state index contributed by atoms with van der Waals surface area (Å²) in [5.74, 6) is -0.323. The Balaban J connectivity index is 1.91. The van der Waals surface area contributed by atoms with Crippen molar-refractivity contribution in [3.8, 4) is 0 Å². The van der Waals surface area contributed by atoms with E-state index in [1.165, 1.54) is 7.11 Å². The number of aromatic nitrogens is 2. The fraction of sp³-hybridized carbons (Fsp3) is 0.0833. The van der Waals surface area contributed by atoms with E-state index in [-0.39, 0.29) is 5.97 Å². The summed E-state index contributed by atoms with van der Waals surface area (Å²) in [6.45, 7) is 0. The fourth-order valence-electron chi connectivity index (χ4n) is 1.77. The number of thiol groups is 1. The standard InChI is InChI=1S/C12H11N3O2S/c1-17-11(16)9-2-4-10(5-3-9)18-8-14-15-7-6-13-12(15)18/h2-8,18H,1H3. The van der Waals surface area contributed by atoms with Gasteiger partial charge in [0, 0.05) is 12.4 Å². The number of hydrogen-bond donors (Lipinski definition) is 1. The van der Waals surface area contributed by atoms with E-state index in [4.69, 9.17) is 0 Å². The topological polar surface area (TPSA) is 56.5 Å². The highest BCUT2D eigenvalue weighted by molar-refractivity contribution is 8.28. The first-order chi connectivity index (χ1) is 8.79. The number of benzene rings is 1. The van der Waals surface area contributed by atoms with Crippen LogP contribution in [0.15, 0.2) is 51.8 Å². The average molecular weight is 261 g/mol. The number of carbonyl (C=O) groups excluding carboxylic acids is 1. The SMILES string of the molecule is COC(=O)c1ccc([SH]2C=Nn3ccnc32)cc1.